The van der Waals surface area contributed by atoms with Gasteiger partial charge in [0.15, 0.2) is 11.5 Å². The van der Waals surface area contributed by atoms with Gasteiger partial charge in [-0.25, -0.2) is 0 Å². The molecule has 0 bridgehead atoms. The van der Waals surface area contributed by atoms with Crippen LogP contribution in [0.1, 0.15) is 5.56 Å². The van der Waals surface area contributed by atoms with Crippen molar-refractivity contribution >= 4 is 17.1 Å². The van der Waals surface area contributed by atoms with Gasteiger partial charge in [-0.05, 0) is 30.7 Å². The van der Waals surface area contributed by atoms with Crippen molar-refractivity contribution in [3.05, 3.63) is 35.9 Å². The molecule has 1 aliphatic heterocycles. The molecule has 0 saturated carbocycles. The largest absolute Gasteiger partial charge is 0.496 e. The van der Waals surface area contributed by atoms with E-state index < -0.39 is 0 Å². The van der Waals surface area contributed by atoms with E-state index in [0.717, 1.165) is 22.7 Å². The summed E-state index contributed by atoms with van der Waals surface area (Å²) in [6, 6.07) is 9.53. The quantitative estimate of drug-likeness (QED) is 0.849. The summed E-state index contributed by atoms with van der Waals surface area (Å²) in [6.07, 6.45) is 0. The first kappa shape index (κ1) is 13.4. The Bertz CT molecular complexity index is 671. The Morgan fingerprint density at radius 1 is 1.10 bits per heavy atom. The van der Waals surface area contributed by atoms with Crippen LogP contribution in [0.5, 0.6) is 17.2 Å². The Morgan fingerprint density at radius 3 is 2.48 bits per heavy atom. The van der Waals surface area contributed by atoms with Crippen LogP contribution in [0.25, 0.3) is 0 Å². The van der Waals surface area contributed by atoms with Crippen molar-refractivity contribution in [3.8, 4) is 17.2 Å². The zero-order chi connectivity index (χ0) is 14.8. The molecule has 2 aromatic carbocycles. The van der Waals surface area contributed by atoms with Crippen molar-refractivity contribution in [1.82, 2.24) is 0 Å². The van der Waals surface area contributed by atoms with Gasteiger partial charge in [-0.1, -0.05) is 0 Å². The number of fused-ring (bicyclic) bond motifs is 1. The van der Waals surface area contributed by atoms with Crippen molar-refractivity contribution in [2.45, 2.75) is 6.92 Å². The molecule has 0 saturated heterocycles. The molecule has 5 nitrogen and oxygen atoms in total. The number of anilines is 3. The van der Waals surface area contributed by atoms with E-state index in [2.05, 4.69) is 5.32 Å². The summed E-state index contributed by atoms with van der Waals surface area (Å²) in [5, 5.41) is 3.30. The summed E-state index contributed by atoms with van der Waals surface area (Å²) >= 11 is 0. The molecule has 1 heterocycles. The molecular weight excluding hydrogens is 268 g/mol. The number of nitrogen functional groups attached to an aromatic ring is 1. The maximum Gasteiger partial charge on any atom is 0.163 e. The molecule has 0 radical (unpaired) electrons. The lowest BCUT2D eigenvalue weighted by Crippen LogP contribution is -2.15. The number of benzene rings is 2. The van der Waals surface area contributed by atoms with Gasteiger partial charge in [-0.15, -0.1) is 0 Å². The van der Waals surface area contributed by atoms with Crippen molar-refractivity contribution < 1.29 is 14.2 Å². The third-order valence-corrected chi connectivity index (χ3v) is 3.39. The summed E-state index contributed by atoms with van der Waals surface area (Å²) < 4.78 is 16.3. The van der Waals surface area contributed by atoms with Gasteiger partial charge in [0.2, 0.25) is 0 Å². The van der Waals surface area contributed by atoms with Crippen LogP contribution in [0, 0.1) is 6.92 Å². The maximum absolute atomic E-state index is 6.06. The number of nitrogens with one attached hydrogen (secondary N) is 1. The summed E-state index contributed by atoms with van der Waals surface area (Å²) in [6.45, 7) is 3.10. The Hall–Kier alpha value is -2.56. The van der Waals surface area contributed by atoms with Crippen LogP contribution in [0.3, 0.4) is 0 Å². The van der Waals surface area contributed by atoms with Crippen LogP contribution in [0.15, 0.2) is 30.3 Å². The molecule has 0 aliphatic carbocycles. The molecule has 0 fully saturated rings. The summed E-state index contributed by atoms with van der Waals surface area (Å²) in [5.41, 5.74) is 9.47. The lowest BCUT2D eigenvalue weighted by molar-refractivity contribution is 0.172. The van der Waals surface area contributed by atoms with Crippen LogP contribution >= 0.6 is 0 Å². The molecule has 0 unspecified atom stereocenters. The number of aryl methyl sites for hydroxylation is 1. The third kappa shape index (κ3) is 2.67. The van der Waals surface area contributed by atoms with Crippen LogP contribution < -0.4 is 25.3 Å². The van der Waals surface area contributed by atoms with Gasteiger partial charge >= 0.3 is 0 Å². The number of nitrogens with two attached hydrogens (primary N) is 1. The molecule has 110 valence electrons. The van der Waals surface area contributed by atoms with Crippen LogP contribution in [-0.2, 0) is 0 Å². The molecule has 2 aromatic rings. The molecule has 0 aromatic heterocycles. The van der Waals surface area contributed by atoms with Crippen LogP contribution in [-0.4, -0.2) is 20.3 Å². The van der Waals surface area contributed by atoms with E-state index in [-0.39, 0.29) is 0 Å². The molecule has 1 aliphatic rings. The SMILES string of the molecule is COc1ccc(Nc2cc3c(cc2N)OCCO3)cc1C. The fraction of sp³-hybridized carbons (Fsp3) is 0.250. The molecular formula is C16H18N2O3. The number of hydrogen-bond donors (Lipinski definition) is 2. The second-order valence-corrected chi connectivity index (χ2v) is 4.89. The highest BCUT2D eigenvalue weighted by Gasteiger charge is 2.14. The topological polar surface area (TPSA) is 65.7 Å². The average Bonchev–Trinajstić information content (AvgIpc) is 2.48. The number of ether oxygens (including phenoxy) is 3. The van der Waals surface area contributed by atoms with Crippen molar-refractivity contribution in [3.63, 3.8) is 0 Å². The Labute approximate surface area is 123 Å². The smallest absolute Gasteiger partial charge is 0.163 e. The zero-order valence-electron chi connectivity index (χ0n) is 12.1. The van der Waals surface area contributed by atoms with E-state index in [1.165, 1.54) is 0 Å². The highest BCUT2D eigenvalue weighted by Crippen LogP contribution is 2.38. The number of methoxy groups -OCH3 is 1. The van der Waals surface area contributed by atoms with Gasteiger partial charge in [0.25, 0.3) is 0 Å². The van der Waals surface area contributed by atoms with E-state index >= 15 is 0 Å². The van der Waals surface area contributed by atoms with Crippen LogP contribution in [0.2, 0.25) is 0 Å². The Morgan fingerprint density at radius 2 is 1.81 bits per heavy atom. The molecule has 0 spiro atoms. The lowest BCUT2D eigenvalue weighted by atomic mass is 10.1. The van der Waals surface area contributed by atoms with Gasteiger partial charge < -0.3 is 25.3 Å². The van der Waals surface area contributed by atoms with Gasteiger partial charge in [-0.3, -0.25) is 0 Å². The minimum atomic E-state index is 0.552. The van der Waals surface area contributed by atoms with Crippen molar-refractivity contribution in [2.75, 3.05) is 31.4 Å². The summed E-state index contributed by atoms with van der Waals surface area (Å²) in [5.74, 6) is 2.26. The first-order chi connectivity index (χ1) is 10.2. The first-order valence-corrected chi connectivity index (χ1v) is 6.78. The minimum absolute atomic E-state index is 0.552. The van der Waals surface area contributed by atoms with Gasteiger partial charge in [0, 0.05) is 17.8 Å². The number of rotatable bonds is 3. The normalized spacial score (nSPS) is 12.9. The predicted molar refractivity (Wildman–Crippen MR) is 82.9 cm³/mol. The highest BCUT2D eigenvalue weighted by molar-refractivity contribution is 5.77. The standard InChI is InChI=1S/C16H18N2O3/c1-10-7-11(3-4-14(10)19-2)18-13-9-16-15(8-12(13)17)20-5-6-21-16/h3-4,7-9,18H,5-6,17H2,1-2H3. The first-order valence-electron chi connectivity index (χ1n) is 6.78. The molecule has 5 heteroatoms. The fourth-order valence-corrected chi connectivity index (χ4v) is 2.32. The van der Waals surface area contributed by atoms with Gasteiger partial charge in [0.1, 0.15) is 19.0 Å². The second-order valence-electron chi connectivity index (χ2n) is 4.89. The summed E-state index contributed by atoms with van der Waals surface area (Å²) in [4.78, 5) is 0. The van der Waals surface area contributed by atoms with E-state index in [9.17, 15) is 0 Å². The third-order valence-electron chi connectivity index (χ3n) is 3.39. The fourth-order valence-electron chi connectivity index (χ4n) is 2.32. The van der Waals surface area contributed by atoms with Crippen LogP contribution in [0.4, 0.5) is 17.1 Å². The molecule has 0 atom stereocenters. The highest BCUT2D eigenvalue weighted by atomic mass is 16.6. The zero-order valence-corrected chi connectivity index (χ0v) is 12.1. The van der Waals surface area contributed by atoms with E-state index in [1.54, 1.807) is 13.2 Å². The second kappa shape index (κ2) is 5.44. The van der Waals surface area contributed by atoms with Crippen molar-refractivity contribution in [1.29, 1.82) is 0 Å². The van der Waals surface area contributed by atoms with Crippen molar-refractivity contribution in [2.24, 2.45) is 0 Å². The molecule has 3 rings (SSSR count). The average molecular weight is 286 g/mol. The minimum Gasteiger partial charge on any atom is -0.496 e. The Kier molecular flexibility index (Phi) is 3.48. The molecule has 3 N–H and O–H groups in total. The number of hydrogen-bond acceptors (Lipinski definition) is 5. The summed E-state index contributed by atoms with van der Waals surface area (Å²) in [7, 11) is 1.66. The predicted octanol–water partition coefficient (Wildman–Crippen LogP) is 3.10. The van der Waals surface area contributed by atoms with E-state index in [4.69, 9.17) is 19.9 Å². The molecule has 0 amide bonds. The Balaban J connectivity index is 1.89. The van der Waals surface area contributed by atoms with Gasteiger partial charge in [-0.2, -0.15) is 0 Å². The monoisotopic (exact) mass is 286 g/mol. The van der Waals surface area contributed by atoms with Gasteiger partial charge in [0.05, 0.1) is 18.5 Å². The lowest BCUT2D eigenvalue weighted by Gasteiger charge is -2.20. The van der Waals surface area contributed by atoms with E-state index in [1.807, 2.05) is 31.2 Å². The molecule has 21 heavy (non-hydrogen) atoms. The van der Waals surface area contributed by atoms with E-state index in [0.29, 0.717) is 30.4 Å². The maximum atomic E-state index is 6.06.